The second-order valence-electron chi connectivity index (χ2n) is 6.19. The van der Waals surface area contributed by atoms with Crippen molar-refractivity contribution in [3.8, 4) is 0 Å². The summed E-state index contributed by atoms with van der Waals surface area (Å²) >= 11 is 11.1. The maximum absolute atomic E-state index is 12.5. The summed E-state index contributed by atoms with van der Waals surface area (Å²) in [6.45, 7) is 1.62. The molecule has 0 radical (unpaired) electrons. The van der Waals surface area contributed by atoms with Gasteiger partial charge < -0.3 is 5.32 Å². The highest BCUT2D eigenvalue weighted by atomic mass is 35.5. The minimum atomic E-state index is -0.169. The van der Waals surface area contributed by atoms with Crippen LogP contribution in [0.5, 0.6) is 0 Å². The second kappa shape index (κ2) is 8.98. The number of nitrogens with zero attached hydrogens (tertiary/aromatic N) is 1. The van der Waals surface area contributed by atoms with Crippen LogP contribution in [-0.2, 0) is 11.3 Å². The zero-order valence-corrected chi connectivity index (χ0v) is 15.8. The van der Waals surface area contributed by atoms with Gasteiger partial charge in [-0.25, -0.2) is 0 Å². The number of carbonyl (C=O) groups excluding carboxylic acids is 1. The van der Waals surface area contributed by atoms with Crippen molar-refractivity contribution in [1.82, 2.24) is 15.8 Å². The summed E-state index contributed by atoms with van der Waals surface area (Å²) in [4.78, 5) is 14.7. The Morgan fingerprint density at radius 1 is 1.12 bits per heavy atom. The molecule has 2 aromatic rings. The van der Waals surface area contributed by atoms with E-state index in [0.717, 1.165) is 37.2 Å². The van der Waals surface area contributed by atoms with Crippen LogP contribution in [0.4, 0.5) is 5.69 Å². The quantitative estimate of drug-likeness (QED) is 0.554. The molecule has 3 rings (SSSR count). The van der Waals surface area contributed by atoms with Crippen molar-refractivity contribution in [2.45, 2.75) is 25.4 Å². The predicted molar refractivity (Wildman–Crippen MR) is 109 cm³/mol. The van der Waals surface area contributed by atoms with E-state index in [1.165, 1.54) is 0 Å². The van der Waals surface area contributed by atoms with E-state index in [1.54, 1.807) is 0 Å². The van der Waals surface area contributed by atoms with Crippen molar-refractivity contribution >= 4 is 40.5 Å². The topological polar surface area (TPSA) is 56.4 Å². The molecule has 0 saturated carbocycles. The van der Waals surface area contributed by atoms with Crippen molar-refractivity contribution in [2.75, 3.05) is 11.9 Å². The number of carbonyl (C=O) groups is 1. The lowest BCUT2D eigenvalue weighted by Crippen LogP contribution is -2.51. The standard InChI is InChI=1S/C19H21ClN4OS/c20-15-10-8-14(9-11-15)13-24-12-4-7-17(24)18(25)22-23-19(26)21-16-5-2-1-3-6-16/h1-3,5-6,8-11,17H,4,7,12-13H2,(H,22,25)(H2,21,23,26)/t17-/m0/s1. The molecule has 2 aromatic carbocycles. The molecule has 1 heterocycles. The molecule has 0 unspecified atom stereocenters. The van der Waals surface area contributed by atoms with Crippen LogP contribution in [0.1, 0.15) is 18.4 Å². The average molecular weight is 389 g/mol. The molecule has 1 atom stereocenters. The molecule has 1 fully saturated rings. The van der Waals surface area contributed by atoms with Crippen molar-refractivity contribution < 1.29 is 4.79 Å². The molecule has 3 N–H and O–H groups in total. The summed E-state index contributed by atoms with van der Waals surface area (Å²) in [5.74, 6) is -0.0753. The molecular weight excluding hydrogens is 368 g/mol. The molecule has 1 saturated heterocycles. The SMILES string of the molecule is O=C(NNC(=S)Nc1ccccc1)[C@@H]1CCCN1Cc1ccc(Cl)cc1. The summed E-state index contributed by atoms with van der Waals surface area (Å²) in [6.07, 6.45) is 1.83. The molecule has 0 bridgehead atoms. The Morgan fingerprint density at radius 2 is 1.85 bits per heavy atom. The highest BCUT2D eigenvalue weighted by molar-refractivity contribution is 7.80. The second-order valence-corrected chi connectivity index (χ2v) is 7.03. The lowest BCUT2D eigenvalue weighted by atomic mass is 10.1. The first-order valence-corrected chi connectivity index (χ1v) is 9.31. The summed E-state index contributed by atoms with van der Waals surface area (Å²) in [5, 5.41) is 4.09. The van der Waals surface area contributed by atoms with Crippen LogP contribution >= 0.6 is 23.8 Å². The van der Waals surface area contributed by atoms with Crippen molar-refractivity contribution in [1.29, 1.82) is 0 Å². The maximum Gasteiger partial charge on any atom is 0.255 e. The first-order valence-electron chi connectivity index (χ1n) is 8.52. The van der Waals surface area contributed by atoms with Crippen LogP contribution in [0, 0.1) is 0 Å². The van der Waals surface area contributed by atoms with Gasteiger partial charge in [-0.1, -0.05) is 41.9 Å². The Morgan fingerprint density at radius 3 is 2.58 bits per heavy atom. The van der Waals surface area contributed by atoms with Crippen LogP contribution in [0.2, 0.25) is 5.02 Å². The number of nitrogens with one attached hydrogen (secondary N) is 3. The number of thiocarbonyl (C=S) groups is 1. The fourth-order valence-corrected chi connectivity index (χ4v) is 3.32. The number of likely N-dealkylation sites (tertiary alicyclic amines) is 1. The van der Waals surface area contributed by atoms with E-state index in [9.17, 15) is 4.79 Å². The summed E-state index contributed by atoms with van der Waals surface area (Å²) in [6, 6.07) is 17.1. The van der Waals surface area contributed by atoms with Crippen LogP contribution in [0.15, 0.2) is 54.6 Å². The van der Waals surface area contributed by atoms with Crippen molar-refractivity contribution in [3.05, 3.63) is 65.2 Å². The van der Waals surface area contributed by atoms with E-state index < -0.39 is 0 Å². The van der Waals surface area contributed by atoms with E-state index in [4.69, 9.17) is 23.8 Å². The Kier molecular flexibility index (Phi) is 6.44. The number of hydrogen-bond donors (Lipinski definition) is 3. The highest BCUT2D eigenvalue weighted by Gasteiger charge is 2.30. The van der Waals surface area contributed by atoms with Gasteiger partial charge in [0, 0.05) is 17.3 Å². The monoisotopic (exact) mass is 388 g/mol. The zero-order valence-electron chi connectivity index (χ0n) is 14.2. The Hall–Kier alpha value is -2.15. The minimum Gasteiger partial charge on any atom is -0.331 e. The number of anilines is 1. The van der Waals surface area contributed by atoms with E-state index in [0.29, 0.717) is 10.1 Å². The van der Waals surface area contributed by atoms with Gasteiger partial charge in [-0.15, -0.1) is 0 Å². The highest BCUT2D eigenvalue weighted by Crippen LogP contribution is 2.21. The Balaban J connectivity index is 1.50. The third-order valence-electron chi connectivity index (χ3n) is 4.30. The molecule has 0 spiro atoms. The lowest BCUT2D eigenvalue weighted by molar-refractivity contribution is -0.126. The first kappa shape index (κ1) is 18.6. The molecule has 136 valence electrons. The van der Waals surface area contributed by atoms with E-state index >= 15 is 0 Å². The van der Waals surface area contributed by atoms with E-state index in [1.807, 2.05) is 54.6 Å². The average Bonchev–Trinajstić information content (AvgIpc) is 3.11. The van der Waals surface area contributed by atoms with Crippen LogP contribution in [-0.4, -0.2) is 28.5 Å². The number of hydrazine groups is 1. The number of benzene rings is 2. The number of rotatable bonds is 4. The van der Waals surface area contributed by atoms with Gasteiger partial charge in [-0.2, -0.15) is 0 Å². The van der Waals surface area contributed by atoms with Gasteiger partial charge >= 0.3 is 0 Å². The molecule has 5 nitrogen and oxygen atoms in total. The first-order chi connectivity index (χ1) is 12.6. The number of halogens is 1. The van der Waals surface area contributed by atoms with Crippen molar-refractivity contribution in [2.24, 2.45) is 0 Å². The van der Waals surface area contributed by atoms with E-state index in [2.05, 4.69) is 21.1 Å². The van der Waals surface area contributed by atoms with Crippen LogP contribution in [0.25, 0.3) is 0 Å². The predicted octanol–water partition coefficient (Wildman–Crippen LogP) is 3.32. The Bertz CT molecular complexity index is 754. The van der Waals surface area contributed by atoms with Crippen molar-refractivity contribution in [3.63, 3.8) is 0 Å². The molecule has 1 aliphatic heterocycles. The van der Waals surface area contributed by atoms with Gasteiger partial charge in [0.25, 0.3) is 5.91 Å². The molecule has 1 aliphatic rings. The fourth-order valence-electron chi connectivity index (χ4n) is 3.02. The third kappa shape index (κ3) is 5.17. The lowest BCUT2D eigenvalue weighted by Gasteiger charge is -2.24. The normalized spacial score (nSPS) is 16.9. The van der Waals surface area contributed by atoms with Crippen LogP contribution in [0.3, 0.4) is 0 Å². The summed E-state index contributed by atoms with van der Waals surface area (Å²) in [7, 11) is 0. The molecular formula is C19H21ClN4OS. The molecule has 0 aromatic heterocycles. The smallest absolute Gasteiger partial charge is 0.255 e. The summed E-state index contributed by atoms with van der Waals surface area (Å²) < 4.78 is 0. The van der Waals surface area contributed by atoms with Gasteiger partial charge in [-0.3, -0.25) is 20.5 Å². The molecule has 1 amide bonds. The molecule has 0 aliphatic carbocycles. The van der Waals surface area contributed by atoms with E-state index in [-0.39, 0.29) is 11.9 Å². The minimum absolute atomic E-state index is 0.0753. The van der Waals surface area contributed by atoms with Gasteiger partial charge in [0.05, 0.1) is 6.04 Å². The van der Waals surface area contributed by atoms with Gasteiger partial charge in [-0.05, 0) is 61.4 Å². The fraction of sp³-hybridized carbons (Fsp3) is 0.263. The molecule has 7 heteroatoms. The number of hydrogen-bond acceptors (Lipinski definition) is 3. The van der Waals surface area contributed by atoms with Crippen LogP contribution < -0.4 is 16.2 Å². The zero-order chi connectivity index (χ0) is 18.4. The maximum atomic E-state index is 12.5. The largest absolute Gasteiger partial charge is 0.331 e. The summed E-state index contributed by atoms with van der Waals surface area (Å²) in [5.41, 5.74) is 7.50. The third-order valence-corrected chi connectivity index (χ3v) is 4.75. The Labute approximate surface area is 163 Å². The van der Waals surface area contributed by atoms with Gasteiger partial charge in [0.15, 0.2) is 5.11 Å². The number of para-hydroxylation sites is 1. The van der Waals surface area contributed by atoms with Gasteiger partial charge in [0.1, 0.15) is 0 Å². The van der Waals surface area contributed by atoms with Gasteiger partial charge in [0.2, 0.25) is 0 Å². The number of amides is 1. The molecule has 26 heavy (non-hydrogen) atoms.